The Labute approximate surface area is 164 Å². The van der Waals surface area contributed by atoms with Crippen LogP contribution in [0, 0.1) is 0 Å². The topological polar surface area (TPSA) is 76.2 Å². The molecule has 1 saturated heterocycles. The highest BCUT2D eigenvalue weighted by molar-refractivity contribution is 5.80. The zero-order valence-corrected chi connectivity index (χ0v) is 16.4. The predicted molar refractivity (Wildman–Crippen MR) is 108 cm³/mol. The summed E-state index contributed by atoms with van der Waals surface area (Å²) in [7, 11) is 1.96. The van der Waals surface area contributed by atoms with Crippen LogP contribution in [0.2, 0.25) is 0 Å². The Hall–Kier alpha value is -3.16. The Morgan fingerprint density at radius 2 is 2.14 bits per heavy atom. The van der Waals surface area contributed by atoms with E-state index in [9.17, 15) is 0 Å². The quantitative estimate of drug-likeness (QED) is 0.543. The van der Waals surface area contributed by atoms with Gasteiger partial charge in [0.1, 0.15) is 12.9 Å². The number of hydrogen-bond donors (Lipinski definition) is 1. The summed E-state index contributed by atoms with van der Waals surface area (Å²) in [5, 5.41) is 16.1. The summed E-state index contributed by atoms with van der Waals surface area (Å²) in [6, 6.07) is 10.1. The van der Waals surface area contributed by atoms with Crippen molar-refractivity contribution in [2.45, 2.75) is 25.8 Å². The van der Waals surface area contributed by atoms with Crippen LogP contribution in [0.4, 0.5) is 0 Å². The van der Waals surface area contributed by atoms with Crippen molar-refractivity contribution in [2.24, 2.45) is 12.0 Å². The zero-order chi connectivity index (χ0) is 19.3. The van der Waals surface area contributed by atoms with E-state index < -0.39 is 0 Å². The van der Waals surface area contributed by atoms with Gasteiger partial charge >= 0.3 is 0 Å². The molecule has 1 unspecified atom stereocenters. The SMILES string of the molecule is CCNC(=NCc1nncn1-c1ccccc1)N1CCC(c2cnn(C)c2)C1. The standard InChI is InChI=1S/C20H26N8/c1-3-21-20(27-10-9-16(14-27)17-11-24-26(2)13-17)22-12-19-25-23-15-28(19)18-7-5-4-6-8-18/h4-8,11,13,15-16H,3,9-10,12,14H2,1-2H3,(H,21,22). The molecule has 8 heteroatoms. The number of nitrogens with zero attached hydrogens (tertiary/aromatic N) is 7. The summed E-state index contributed by atoms with van der Waals surface area (Å²) < 4.78 is 3.85. The second-order valence-electron chi connectivity index (χ2n) is 7.00. The van der Waals surface area contributed by atoms with Gasteiger partial charge in [-0.1, -0.05) is 18.2 Å². The molecule has 1 atom stereocenters. The maximum atomic E-state index is 4.84. The fourth-order valence-corrected chi connectivity index (χ4v) is 3.62. The number of guanidine groups is 1. The number of aromatic nitrogens is 5. The highest BCUT2D eigenvalue weighted by Gasteiger charge is 2.27. The van der Waals surface area contributed by atoms with Crippen molar-refractivity contribution in [2.75, 3.05) is 19.6 Å². The van der Waals surface area contributed by atoms with Gasteiger partial charge in [-0.05, 0) is 31.0 Å². The lowest BCUT2D eigenvalue weighted by atomic mass is 10.0. The summed E-state index contributed by atoms with van der Waals surface area (Å²) in [6.07, 6.45) is 6.93. The Morgan fingerprint density at radius 3 is 2.89 bits per heavy atom. The van der Waals surface area contributed by atoms with E-state index in [1.165, 1.54) is 5.56 Å². The van der Waals surface area contributed by atoms with E-state index in [-0.39, 0.29) is 0 Å². The van der Waals surface area contributed by atoms with Gasteiger partial charge in [-0.3, -0.25) is 9.25 Å². The summed E-state index contributed by atoms with van der Waals surface area (Å²) in [5.74, 6) is 2.24. The van der Waals surface area contributed by atoms with Crippen LogP contribution in [0.3, 0.4) is 0 Å². The molecule has 146 valence electrons. The Bertz CT molecular complexity index is 927. The number of benzene rings is 1. The molecule has 1 aliphatic rings. The number of hydrogen-bond acceptors (Lipinski definition) is 4. The van der Waals surface area contributed by atoms with Crippen molar-refractivity contribution in [3.05, 3.63) is 60.4 Å². The third-order valence-corrected chi connectivity index (χ3v) is 5.04. The number of aliphatic imine (C=N–C) groups is 1. The van der Waals surface area contributed by atoms with Crippen LogP contribution >= 0.6 is 0 Å². The van der Waals surface area contributed by atoms with E-state index in [2.05, 4.69) is 38.6 Å². The fourth-order valence-electron chi connectivity index (χ4n) is 3.62. The van der Waals surface area contributed by atoms with Gasteiger partial charge in [-0.25, -0.2) is 4.99 Å². The lowest BCUT2D eigenvalue weighted by molar-refractivity contribution is 0.485. The average molecular weight is 378 g/mol. The van der Waals surface area contributed by atoms with Gasteiger partial charge in [0.05, 0.1) is 6.20 Å². The molecule has 0 saturated carbocycles. The molecule has 4 rings (SSSR count). The van der Waals surface area contributed by atoms with Gasteiger partial charge in [0.15, 0.2) is 11.8 Å². The van der Waals surface area contributed by atoms with Crippen LogP contribution in [0.15, 0.2) is 54.0 Å². The molecule has 1 aromatic carbocycles. The first kappa shape index (κ1) is 18.2. The molecule has 3 aromatic rings. The molecule has 2 aromatic heterocycles. The summed E-state index contributed by atoms with van der Waals surface area (Å²) >= 11 is 0. The molecule has 0 amide bonds. The largest absolute Gasteiger partial charge is 0.357 e. The maximum absolute atomic E-state index is 4.84. The van der Waals surface area contributed by atoms with Crippen LogP contribution in [-0.4, -0.2) is 55.0 Å². The molecule has 0 radical (unpaired) electrons. The van der Waals surface area contributed by atoms with Crippen molar-refractivity contribution >= 4 is 5.96 Å². The number of likely N-dealkylation sites (tertiary alicyclic amines) is 1. The minimum Gasteiger partial charge on any atom is -0.357 e. The van der Waals surface area contributed by atoms with E-state index in [0.29, 0.717) is 12.5 Å². The predicted octanol–water partition coefficient (Wildman–Crippen LogP) is 1.96. The van der Waals surface area contributed by atoms with Crippen LogP contribution in [-0.2, 0) is 13.6 Å². The Balaban J connectivity index is 1.48. The molecule has 0 aliphatic carbocycles. The van der Waals surface area contributed by atoms with Crippen molar-refractivity contribution in [3.63, 3.8) is 0 Å². The van der Waals surface area contributed by atoms with E-state index in [1.807, 2.05) is 52.8 Å². The molecule has 0 spiro atoms. The van der Waals surface area contributed by atoms with Crippen LogP contribution < -0.4 is 5.32 Å². The number of aryl methyl sites for hydroxylation is 1. The molecule has 3 heterocycles. The third kappa shape index (κ3) is 3.90. The van der Waals surface area contributed by atoms with Gasteiger partial charge < -0.3 is 10.2 Å². The first-order valence-corrected chi connectivity index (χ1v) is 9.70. The molecule has 8 nitrogen and oxygen atoms in total. The fraction of sp³-hybridized carbons (Fsp3) is 0.400. The Morgan fingerprint density at radius 1 is 1.29 bits per heavy atom. The van der Waals surface area contributed by atoms with Crippen LogP contribution in [0.1, 0.15) is 30.7 Å². The monoisotopic (exact) mass is 378 g/mol. The minimum atomic E-state index is 0.477. The molecule has 1 fully saturated rings. The van der Waals surface area contributed by atoms with Gasteiger partial charge in [0.2, 0.25) is 0 Å². The van der Waals surface area contributed by atoms with E-state index >= 15 is 0 Å². The zero-order valence-electron chi connectivity index (χ0n) is 16.4. The van der Waals surface area contributed by atoms with E-state index in [4.69, 9.17) is 4.99 Å². The first-order chi connectivity index (χ1) is 13.7. The number of rotatable bonds is 5. The van der Waals surface area contributed by atoms with Crippen LogP contribution in [0.25, 0.3) is 5.69 Å². The highest BCUT2D eigenvalue weighted by Crippen LogP contribution is 2.26. The molecule has 0 bridgehead atoms. The molecular formula is C20H26N8. The van der Waals surface area contributed by atoms with Gasteiger partial charge in [0, 0.05) is 44.5 Å². The summed E-state index contributed by atoms with van der Waals surface area (Å²) in [6.45, 7) is 5.33. The van der Waals surface area contributed by atoms with Gasteiger partial charge in [-0.15, -0.1) is 10.2 Å². The highest BCUT2D eigenvalue weighted by atomic mass is 15.3. The van der Waals surface area contributed by atoms with Crippen molar-refractivity contribution in [3.8, 4) is 5.69 Å². The first-order valence-electron chi connectivity index (χ1n) is 9.70. The number of para-hydroxylation sites is 1. The van der Waals surface area contributed by atoms with Gasteiger partial charge in [-0.2, -0.15) is 5.10 Å². The maximum Gasteiger partial charge on any atom is 0.194 e. The second-order valence-corrected chi connectivity index (χ2v) is 7.00. The Kier molecular flexibility index (Phi) is 5.36. The lowest BCUT2D eigenvalue weighted by Crippen LogP contribution is -2.40. The molecule has 1 aliphatic heterocycles. The lowest BCUT2D eigenvalue weighted by Gasteiger charge is -2.21. The molecular weight excluding hydrogens is 352 g/mol. The smallest absolute Gasteiger partial charge is 0.194 e. The summed E-state index contributed by atoms with van der Waals surface area (Å²) in [5.41, 5.74) is 2.34. The second kappa shape index (κ2) is 8.24. The van der Waals surface area contributed by atoms with E-state index in [1.54, 1.807) is 6.33 Å². The molecule has 1 N–H and O–H groups in total. The average Bonchev–Trinajstić information content (AvgIpc) is 3.46. The normalized spacial score (nSPS) is 17.3. The van der Waals surface area contributed by atoms with Crippen molar-refractivity contribution in [1.29, 1.82) is 0 Å². The summed E-state index contributed by atoms with van der Waals surface area (Å²) in [4.78, 5) is 7.17. The third-order valence-electron chi connectivity index (χ3n) is 5.04. The number of nitrogens with one attached hydrogen (secondary N) is 1. The van der Waals surface area contributed by atoms with Crippen molar-refractivity contribution < 1.29 is 0 Å². The van der Waals surface area contributed by atoms with Crippen LogP contribution in [0.5, 0.6) is 0 Å². The van der Waals surface area contributed by atoms with E-state index in [0.717, 1.165) is 43.5 Å². The minimum absolute atomic E-state index is 0.477. The molecule has 28 heavy (non-hydrogen) atoms. The van der Waals surface area contributed by atoms with Crippen molar-refractivity contribution in [1.82, 2.24) is 34.8 Å². The van der Waals surface area contributed by atoms with Gasteiger partial charge in [0.25, 0.3) is 0 Å².